The van der Waals surface area contributed by atoms with Crippen LogP contribution in [0.15, 0.2) is 75.6 Å². The van der Waals surface area contributed by atoms with Crippen molar-refractivity contribution in [2.45, 2.75) is 0 Å². The number of rotatable bonds is 2. The molecule has 3 aromatic rings. The molecule has 0 spiro atoms. The van der Waals surface area contributed by atoms with Crippen LogP contribution in [-0.4, -0.2) is 0 Å². The lowest BCUT2D eigenvalue weighted by Gasteiger charge is -1.99. The summed E-state index contributed by atoms with van der Waals surface area (Å²) in [6.07, 6.45) is 0. The molecule has 98 valence electrons. The summed E-state index contributed by atoms with van der Waals surface area (Å²) >= 11 is 9.81. The Labute approximate surface area is 131 Å². The minimum Gasteiger partial charge on any atom is -0.205 e. The van der Waals surface area contributed by atoms with Crippen LogP contribution in [-0.2, 0) is 0 Å². The minimum absolute atomic E-state index is 0.633. The van der Waals surface area contributed by atoms with Gasteiger partial charge in [0.2, 0.25) is 0 Å². The van der Waals surface area contributed by atoms with Crippen LogP contribution in [0, 0.1) is 0 Å². The molecule has 3 heteroatoms. The molecule has 1 aromatic heterocycles. The summed E-state index contributed by atoms with van der Waals surface area (Å²) in [5.74, 6) is 1.48. The second-order valence-corrected chi connectivity index (χ2v) is 5.53. The monoisotopic (exact) mass is 345 g/mol. The predicted molar refractivity (Wildman–Crippen MR) is 86.7 cm³/mol. The van der Waals surface area contributed by atoms with Crippen LogP contribution >= 0.6 is 27.5 Å². The van der Waals surface area contributed by atoms with E-state index in [9.17, 15) is 0 Å². The summed E-state index contributed by atoms with van der Waals surface area (Å²) in [5, 5.41) is 0.633. The minimum atomic E-state index is 0.633. The zero-order chi connectivity index (χ0) is 13.9. The molecule has 0 radical (unpaired) electrons. The van der Waals surface area contributed by atoms with Gasteiger partial charge < -0.3 is 0 Å². The van der Waals surface area contributed by atoms with Crippen molar-refractivity contribution < 1.29 is 4.42 Å². The van der Waals surface area contributed by atoms with Crippen molar-refractivity contribution in [3.8, 4) is 22.6 Å². The summed E-state index contributed by atoms with van der Waals surface area (Å²) in [6, 6.07) is 21.7. The fourth-order valence-electron chi connectivity index (χ4n) is 1.99. The van der Waals surface area contributed by atoms with Gasteiger partial charge in [-0.05, 0) is 40.2 Å². The average Bonchev–Trinajstić information content (AvgIpc) is 2.51. The van der Waals surface area contributed by atoms with Crippen LogP contribution in [0.2, 0.25) is 5.02 Å². The molecule has 1 nitrogen and oxygen atoms in total. The Bertz CT molecular complexity index is 727. The lowest BCUT2D eigenvalue weighted by Crippen LogP contribution is -1.85. The number of benzene rings is 2. The largest absolute Gasteiger partial charge is 0.376 e. The first-order chi connectivity index (χ1) is 9.75. The van der Waals surface area contributed by atoms with Gasteiger partial charge in [-0.3, -0.25) is 0 Å². The van der Waals surface area contributed by atoms with E-state index in [1.807, 2.05) is 66.7 Å². The van der Waals surface area contributed by atoms with Gasteiger partial charge in [-0.2, -0.15) is 0 Å². The molecule has 0 unspecified atom stereocenters. The zero-order valence-corrected chi connectivity index (χ0v) is 12.9. The number of hydrogen-bond acceptors (Lipinski definition) is 0. The molecule has 3 rings (SSSR count). The highest BCUT2D eigenvalue weighted by atomic mass is 79.9. The van der Waals surface area contributed by atoms with Crippen molar-refractivity contribution in [1.82, 2.24) is 0 Å². The Morgan fingerprint density at radius 2 is 1.35 bits per heavy atom. The molecule has 0 N–H and O–H groups in total. The molecule has 0 aliphatic heterocycles. The van der Waals surface area contributed by atoms with Gasteiger partial charge in [-0.1, -0.05) is 48.0 Å². The molecule has 0 bridgehead atoms. The lowest BCUT2D eigenvalue weighted by molar-refractivity contribution is 0.579. The van der Waals surface area contributed by atoms with Gasteiger partial charge in [-0.25, -0.2) is 4.42 Å². The van der Waals surface area contributed by atoms with Gasteiger partial charge in [0.05, 0.1) is 22.2 Å². The molecular formula is C17H11BrClO+. The highest BCUT2D eigenvalue weighted by Gasteiger charge is 2.24. The number of hydrogen-bond donors (Lipinski definition) is 0. The first-order valence-corrected chi connectivity index (χ1v) is 7.36. The van der Waals surface area contributed by atoms with E-state index in [1.54, 1.807) is 0 Å². The SMILES string of the molecule is Clc1cc(-c2ccccc2)[o+]c(-c2ccccc2)c1Br. The van der Waals surface area contributed by atoms with Crippen molar-refractivity contribution in [2.75, 3.05) is 0 Å². The molecule has 1 heterocycles. The van der Waals surface area contributed by atoms with Crippen molar-refractivity contribution in [3.63, 3.8) is 0 Å². The summed E-state index contributed by atoms with van der Waals surface area (Å²) in [4.78, 5) is 0. The lowest BCUT2D eigenvalue weighted by atomic mass is 10.1. The van der Waals surface area contributed by atoms with Gasteiger partial charge in [0.25, 0.3) is 0 Å². The second kappa shape index (κ2) is 5.78. The highest BCUT2D eigenvalue weighted by Crippen LogP contribution is 2.38. The molecule has 2 aromatic carbocycles. The van der Waals surface area contributed by atoms with Crippen LogP contribution in [0.25, 0.3) is 22.6 Å². The van der Waals surface area contributed by atoms with E-state index in [1.165, 1.54) is 0 Å². The highest BCUT2D eigenvalue weighted by molar-refractivity contribution is 9.10. The van der Waals surface area contributed by atoms with Crippen molar-refractivity contribution in [2.24, 2.45) is 0 Å². The predicted octanol–water partition coefficient (Wildman–Crippen LogP) is 6.31. The van der Waals surface area contributed by atoms with Gasteiger partial charge in [0.15, 0.2) is 0 Å². The van der Waals surface area contributed by atoms with E-state index < -0.39 is 0 Å². The van der Waals surface area contributed by atoms with E-state index in [4.69, 9.17) is 16.0 Å². The molecule has 0 aliphatic rings. The van der Waals surface area contributed by atoms with Gasteiger partial charge in [0.1, 0.15) is 4.47 Å². The van der Waals surface area contributed by atoms with E-state index in [2.05, 4.69) is 15.9 Å². The fourth-order valence-corrected chi connectivity index (χ4v) is 2.60. The maximum atomic E-state index is 6.31. The first-order valence-electron chi connectivity index (χ1n) is 6.18. The fraction of sp³-hybridized carbons (Fsp3) is 0. The summed E-state index contributed by atoms with van der Waals surface area (Å²) in [6.45, 7) is 0. The third-order valence-corrected chi connectivity index (χ3v) is 4.29. The normalized spacial score (nSPS) is 10.5. The standard InChI is InChI=1S/C17H11BrClO/c18-16-14(19)11-15(12-7-3-1-4-8-12)20-17(16)13-9-5-2-6-10-13/h1-11H/q+1. The van der Waals surface area contributed by atoms with Gasteiger partial charge in [0, 0.05) is 0 Å². The van der Waals surface area contributed by atoms with Crippen molar-refractivity contribution in [1.29, 1.82) is 0 Å². The Hall–Kier alpha value is -1.64. The first kappa shape index (κ1) is 13.3. The average molecular weight is 347 g/mol. The third kappa shape index (κ3) is 2.62. The Morgan fingerprint density at radius 3 is 1.95 bits per heavy atom. The molecule has 0 atom stereocenters. The van der Waals surface area contributed by atoms with Crippen molar-refractivity contribution >= 4 is 27.5 Å². The van der Waals surface area contributed by atoms with Gasteiger partial charge in [-0.15, -0.1) is 0 Å². The summed E-state index contributed by atoms with van der Waals surface area (Å²) in [5.41, 5.74) is 1.98. The van der Waals surface area contributed by atoms with Crippen LogP contribution in [0.3, 0.4) is 0 Å². The molecular weight excluding hydrogens is 336 g/mol. The summed E-state index contributed by atoms with van der Waals surface area (Å²) in [7, 11) is 0. The maximum Gasteiger partial charge on any atom is 0.376 e. The van der Waals surface area contributed by atoms with Crippen molar-refractivity contribution in [3.05, 3.63) is 76.2 Å². The van der Waals surface area contributed by atoms with E-state index >= 15 is 0 Å². The topological polar surface area (TPSA) is 11.3 Å². The smallest absolute Gasteiger partial charge is 0.205 e. The van der Waals surface area contributed by atoms with Crippen LogP contribution < -0.4 is 0 Å². The molecule has 0 saturated heterocycles. The molecule has 0 fully saturated rings. The van der Waals surface area contributed by atoms with Crippen LogP contribution in [0.4, 0.5) is 0 Å². The van der Waals surface area contributed by atoms with Crippen LogP contribution in [0.5, 0.6) is 0 Å². The maximum absolute atomic E-state index is 6.31. The molecule has 0 aliphatic carbocycles. The quantitative estimate of drug-likeness (QED) is 0.495. The zero-order valence-electron chi connectivity index (χ0n) is 10.5. The number of halogens is 2. The third-order valence-electron chi connectivity index (χ3n) is 2.97. The molecule has 0 amide bonds. The Kier molecular flexibility index (Phi) is 3.86. The molecule has 0 saturated carbocycles. The Morgan fingerprint density at radius 1 is 0.800 bits per heavy atom. The van der Waals surface area contributed by atoms with E-state index in [0.717, 1.165) is 27.1 Å². The van der Waals surface area contributed by atoms with E-state index in [0.29, 0.717) is 5.02 Å². The summed E-state index contributed by atoms with van der Waals surface area (Å²) < 4.78 is 6.80. The van der Waals surface area contributed by atoms with Gasteiger partial charge >= 0.3 is 11.5 Å². The van der Waals surface area contributed by atoms with E-state index in [-0.39, 0.29) is 0 Å². The molecule has 20 heavy (non-hydrogen) atoms. The van der Waals surface area contributed by atoms with Crippen LogP contribution in [0.1, 0.15) is 0 Å². The second-order valence-electron chi connectivity index (χ2n) is 4.33. The Balaban J connectivity index is 2.19.